The number of H-pyrrole nitrogens is 1. The second-order valence-electron chi connectivity index (χ2n) is 6.82. The molecule has 1 aliphatic heterocycles. The number of piperidine rings is 1. The highest BCUT2D eigenvalue weighted by Gasteiger charge is 2.20. The SMILES string of the molecule is CC1CCN(c2cc(/C=C/C(=O)O)ccc2NC(=O)c2nc(C#N)c[nH]2)CC1. The largest absolute Gasteiger partial charge is 0.478 e. The van der Waals surface area contributed by atoms with Gasteiger partial charge in [-0.3, -0.25) is 4.79 Å². The van der Waals surface area contributed by atoms with Gasteiger partial charge in [-0.1, -0.05) is 13.0 Å². The fourth-order valence-corrected chi connectivity index (χ4v) is 3.11. The number of carboxylic acid groups (broad SMARTS) is 1. The fraction of sp³-hybridized carbons (Fsp3) is 0.300. The van der Waals surface area contributed by atoms with Crippen LogP contribution in [-0.4, -0.2) is 40.0 Å². The van der Waals surface area contributed by atoms with Gasteiger partial charge in [0.1, 0.15) is 6.07 Å². The van der Waals surface area contributed by atoms with E-state index < -0.39 is 11.9 Å². The number of anilines is 2. The highest BCUT2D eigenvalue weighted by molar-refractivity contribution is 6.04. The maximum Gasteiger partial charge on any atom is 0.328 e. The van der Waals surface area contributed by atoms with Crippen LogP contribution >= 0.6 is 0 Å². The maximum absolute atomic E-state index is 12.5. The van der Waals surface area contributed by atoms with Crippen LogP contribution in [0.4, 0.5) is 11.4 Å². The predicted octanol–water partition coefficient (Wildman–Crippen LogP) is 2.87. The van der Waals surface area contributed by atoms with E-state index in [1.165, 1.54) is 12.3 Å². The Morgan fingerprint density at radius 2 is 2.14 bits per heavy atom. The molecule has 1 aliphatic rings. The van der Waals surface area contributed by atoms with Crippen LogP contribution in [0.25, 0.3) is 6.08 Å². The summed E-state index contributed by atoms with van der Waals surface area (Å²) in [5, 5.41) is 20.6. The number of benzene rings is 1. The van der Waals surface area contributed by atoms with Gasteiger partial charge in [-0.15, -0.1) is 0 Å². The lowest BCUT2D eigenvalue weighted by atomic mass is 9.98. The van der Waals surface area contributed by atoms with Gasteiger partial charge in [0, 0.05) is 25.4 Å². The van der Waals surface area contributed by atoms with Gasteiger partial charge in [0.15, 0.2) is 11.5 Å². The summed E-state index contributed by atoms with van der Waals surface area (Å²) < 4.78 is 0. The molecule has 0 aliphatic carbocycles. The number of aliphatic carboxylic acids is 1. The minimum Gasteiger partial charge on any atom is -0.478 e. The molecular weight excluding hydrogens is 358 g/mol. The summed E-state index contributed by atoms with van der Waals surface area (Å²) in [4.78, 5) is 32.1. The van der Waals surface area contributed by atoms with Crippen molar-refractivity contribution in [2.75, 3.05) is 23.3 Å². The molecule has 0 bridgehead atoms. The molecule has 0 spiro atoms. The first-order valence-electron chi connectivity index (χ1n) is 9.03. The molecule has 8 heteroatoms. The van der Waals surface area contributed by atoms with Gasteiger partial charge >= 0.3 is 5.97 Å². The Bertz CT molecular complexity index is 949. The molecule has 0 atom stereocenters. The zero-order valence-corrected chi connectivity index (χ0v) is 15.5. The van der Waals surface area contributed by atoms with Gasteiger partial charge in [-0.2, -0.15) is 5.26 Å². The quantitative estimate of drug-likeness (QED) is 0.687. The number of nitrogens with one attached hydrogen (secondary N) is 2. The Hall–Kier alpha value is -3.60. The van der Waals surface area contributed by atoms with Crippen LogP contribution in [0.1, 0.15) is 41.6 Å². The number of amides is 1. The van der Waals surface area contributed by atoms with Crippen LogP contribution in [0.15, 0.2) is 30.5 Å². The predicted molar refractivity (Wildman–Crippen MR) is 105 cm³/mol. The number of rotatable bonds is 5. The van der Waals surface area contributed by atoms with Gasteiger partial charge in [0.05, 0.1) is 11.4 Å². The van der Waals surface area contributed by atoms with Gasteiger partial charge in [0.2, 0.25) is 0 Å². The van der Waals surface area contributed by atoms with E-state index in [1.54, 1.807) is 12.1 Å². The van der Waals surface area contributed by atoms with E-state index in [0.717, 1.165) is 43.3 Å². The molecule has 0 unspecified atom stereocenters. The molecule has 1 aromatic carbocycles. The first kappa shape index (κ1) is 19.2. The van der Waals surface area contributed by atoms with Gasteiger partial charge < -0.3 is 20.3 Å². The smallest absolute Gasteiger partial charge is 0.328 e. The highest BCUT2D eigenvalue weighted by atomic mass is 16.4. The third kappa shape index (κ3) is 4.57. The van der Waals surface area contributed by atoms with E-state index in [4.69, 9.17) is 10.4 Å². The molecule has 0 saturated carbocycles. The average molecular weight is 379 g/mol. The van der Waals surface area contributed by atoms with Gasteiger partial charge in [-0.25, -0.2) is 9.78 Å². The molecule has 3 rings (SSSR count). The number of carbonyl (C=O) groups excluding carboxylic acids is 1. The Labute approximate surface area is 162 Å². The molecule has 28 heavy (non-hydrogen) atoms. The molecule has 2 aromatic rings. The molecule has 144 valence electrons. The van der Waals surface area contributed by atoms with Crippen LogP contribution in [0.5, 0.6) is 0 Å². The molecule has 2 heterocycles. The van der Waals surface area contributed by atoms with Gasteiger partial charge in [-0.05, 0) is 42.5 Å². The minimum atomic E-state index is -1.02. The number of nitrogens with zero attached hydrogens (tertiary/aromatic N) is 3. The van der Waals surface area contributed by atoms with Crippen molar-refractivity contribution >= 4 is 29.3 Å². The highest BCUT2D eigenvalue weighted by Crippen LogP contribution is 2.31. The van der Waals surface area contributed by atoms with E-state index in [2.05, 4.69) is 27.1 Å². The summed E-state index contributed by atoms with van der Waals surface area (Å²) >= 11 is 0. The van der Waals surface area contributed by atoms with Crippen molar-refractivity contribution in [2.24, 2.45) is 5.92 Å². The van der Waals surface area contributed by atoms with E-state index in [9.17, 15) is 9.59 Å². The summed E-state index contributed by atoms with van der Waals surface area (Å²) in [6, 6.07) is 7.24. The zero-order chi connectivity index (χ0) is 20.1. The zero-order valence-electron chi connectivity index (χ0n) is 15.5. The topological polar surface area (TPSA) is 122 Å². The van der Waals surface area contributed by atoms with Crippen molar-refractivity contribution in [1.82, 2.24) is 9.97 Å². The van der Waals surface area contributed by atoms with Crippen LogP contribution < -0.4 is 10.2 Å². The standard InChI is InChI=1S/C20H21N5O3/c1-13-6-8-25(9-7-13)17-10-14(3-5-18(26)27)2-4-16(17)24-20(28)19-22-12-15(11-21)23-19/h2-5,10,12-13H,6-9H2,1H3,(H,22,23)(H,24,28)(H,26,27)/b5-3+. The third-order valence-corrected chi connectivity index (χ3v) is 4.72. The summed E-state index contributed by atoms with van der Waals surface area (Å²) in [6.07, 6.45) is 6.08. The second-order valence-corrected chi connectivity index (χ2v) is 6.82. The van der Waals surface area contributed by atoms with Gasteiger partial charge in [0.25, 0.3) is 5.91 Å². The normalized spacial score (nSPS) is 14.8. The number of imidazole rings is 1. The minimum absolute atomic E-state index is 0.0598. The lowest BCUT2D eigenvalue weighted by molar-refractivity contribution is -0.131. The molecule has 1 saturated heterocycles. The summed E-state index contributed by atoms with van der Waals surface area (Å²) in [6.45, 7) is 3.93. The van der Waals surface area contributed by atoms with Crippen molar-refractivity contribution in [3.63, 3.8) is 0 Å². The molecular formula is C20H21N5O3. The fourth-order valence-electron chi connectivity index (χ4n) is 3.11. The van der Waals surface area contributed by atoms with Crippen LogP contribution in [0, 0.1) is 17.2 Å². The Morgan fingerprint density at radius 1 is 1.39 bits per heavy atom. The lowest BCUT2D eigenvalue weighted by Crippen LogP contribution is -2.33. The van der Waals surface area contributed by atoms with E-state index in [1.807, 2.05) is 12.1 Å². The Balaban J connectivity index is 1.88. The number of carboxylic acids is 1. The van der Waals surface area contributed by atoms with Crippen molar-refractivity contribution in [1.29, 1.82) is 5.26 Å². The van der Waals surface area contributed by atoms with Crippen LogP contribution in [0.3, 0.4) is 0 Å². The number of aromatic amines is 1. The van der Waals surface area contributed by atoms with Crippen molar-refractivity contribution in [3.8, 4) is 6.07 Å². The Kier molecular flexibility index (Phi) is 5.75. The molecule has 1 amide bonds. The first-order valence-corrected chi connectivity index (χ1v) is 9.03. The average Bonchev–Trinajstić information content (AvgIpc) is 3.17. The van der Waals surface area contributed by atoms with Crippen molar-refractivity contribution < 1.29 is 14.7 Å². The first-order chi connectivity index (χ1) is 13.5. The summed E-state index contributed by atoms with van der Waals surface area (Å²) in [5.74, 6) is -0.750. The Morgan fingerprint density at radius 3 is 2.79 bits per heavy atom. The molecule has 1 fully saturated rings. The molecule has 3 N–H and O–H groups in total. The summed E-state index contributed by atoms with van der Waals surface area (Å²) in [7, 11) is 0. The number of nitriles is 1. The van der Waals surface area contributed by atoms with Crippen LogP contribution in [-0.2, 0) is 4.79 Å². The number of carbonyl (C=O) groups is 2. The number of aromatic nitrogens is 2. The molecule has 0 radical (unpaired) electrons. The maximum atomic E-state index is 12.5. The van der Waals surface area contributed by atoms with E-state index >= 15 is 0 Å². The van der Waals surface area contributed by atoms with Crippen LogP contribution in [0.2, 0.25) is 0 Å². The van der Waals surface area contributed by atoms with Crippen molar-refractivity contribution in [3.05, 3.63) is 47.6 Å². The second kappa shape index (κ2) is 8.39. The summed E-state index contributed by atoms with van der Waals surface area (Å²) in [5.41, 5.74) is 2.32. The molecule has 1 aromatic heterocycles. The third-order valence-electron chi connectivity index (χ3n) is 4.72. The number of hydrogen-bond donors (Lipinski definition) is 3. The lowest BCUT2D eigenvalue weighted by Gasteiger charge is -2.33. The number of hydrogen-bond acceptors (Lipinski definition) is 5. The van der Waals surface area contributed by atoms with E-state index in [0.29, 0.717) is 11.6 Å². The van der Waals surface area contributed by atoms with Crippen molar-refractivity contribution in [2.45, 2.75) is 19.8 Å². The van der Waals surface area contributed by atoms with E-state index in [-0.39, 0.29) is 11.5 Å². The monoisotopic (exact) mass is 379 g/mol. The molecule has 8 nitrogen and oxygen atoms in total.